The summed E-state index contributed by atoms with van der Waals surface area (Å²) in [4.78, 5) is 29.6. The van der Waals surface area contributed by atoms with Crippen LogP contribution in [-0.4, -0.2) is 57.4 Å². The zero-order chi connectivity index (χ0) is 26.2. The van der Waals surface area contributed by atoms with Crippen LogP contribution in [0.5, 0.6) is 0 Å². The third-order valence-electron chi connectivity index (χ3n) is 6.11. The Morgan fingerprint density at radius 1 is 1.11 bits per heavy atom. The number of benzene rings is 1. The summed E-state index contributed by atoms with van der Waals surface area (Å²) in [7, 11) is -3.80. The number of sulfonamides is 1. The number of nitrogens with one attached hydrogen (secondary N) is 3. The molecule has 0 spiro atoms. The number of nitrogens with zero attached hydrogens (tertiary/aromatic N) is 4. The van der Waals surface area contributed by atoms with Gasteiger partial charge in [0, 0.05) is 36.3 Å². The van der Waals surface area contributed by atoms with Crippen molar-refractivity contribution >= 4 is 48.7 Å². The summed E-state index contributed by atoms with van der Waals surface area (Å²) in [5.74, 6) is -0.0629. The molecule has 0 bridgehead atoms. The molecule has 0 atom stereocenters. The maximum Gasteiger partial charge on any atom is 0.321 e. The smallest absolute Gasteiger partial charge is 0.321 e. The van der Waals surface area contributed by atoms with Gasteiger partial charge in [-0.05, 0) is 56.0 Å². The Labute approximate surface area is 217 Å². The third-order valence-corrected chi connectivity index (χ3v) is 9.26. The first-order valence-electron chi connectivity index (χ1n) is 11.6. The number of aryl methyl sites for hydroxylation is 1. The van der Waals surface area contributed by atoms with E-state index in [1.54, 1.807) is 6.20 Å². The van der Waals surface area contributed by atoms with Gasteiger partial charge in [-0.3, -0.25) is 15.0 Å². The number of hydrogen-bond donors (Lipinski definition) is 4. The van der Waals surface area contributed by atoms with Gasteiger partial charge in [-0.15, -0.1) is 0 Å². The Morgan fingerprint density at radius 3 is 2.49 bits per heavy atom. The lowest BCUT2D eigenvalue weighted by Gasteiger charge is -2.14. The predicted molar refractivity (Wildman–Crippen MR) is 143 cm³/mol. The number of carbonyl (C=O) groups is 1. The van der Waals surface area contributed by atoms with E-state index in [0.29, 0.717) is 35.6 Å². The van der Waals surface area contributed by atoms with E-state index in [2.05, 4.69) is 35.3 Å². The van der Waals surface area contributed by atoms with Crippen molar-refractivity contribution in [3.05, 3.63) is 48.4 Å². The lowest BCUT2D eigenvalue weighted by molar-refractivity contribution is 0.252. The van der Waals surface area contributed by atoms with Crippen LogP contribution in [0.1, 0.15) is 25.3 Å². The zero-order valence-electron chi connectivity index (χ0n) is 20.1. The van der Waals surface area contributed by atoms with Crippen LogP contribution in [0.4, 0.5) is 15.9 Å². The molecule has 2 amide bonds. The molecule has 1 aliphatic rings. The van der Waals surface area contributed by atoms with Gasteiger partial charge in [0.2, 0.25) is 16.0 Å². The van der Waals surface area contributed by atoms with Gasteiger partial charge >= 0.3 is 6.03 Å². The van der Waals surface area contributed by atoms with Crippen molar-refractivity contribution in [1.29, 1.82) is 0 Å². The van der Waals surface area contributed by atoms with Crippen molar-refractivity contribution in [2.24, 2.45) is 0 Å². The molecule has 11 nitrogen and oxygen atoms in total. The molecule has 1 fully saturated rings. The van der Waals surface area contributed by atoms with Crippen molar-refractivity contribution in [2.75, 3.05) is 23.2 Å². The minimum Gasteiger partial charge on any atom is -0.395 e. The van der Waals surface area contributed by atoms with Crippen molar-refractivity contribution in [1.82, 2.24) is 25.3 Å². The van der Waals surface area contributed by atoms with Crippen LogP contribution in [0, 0.1) is 6.92 Å². The van der Waals surface area contributed by atoms with E-state index in [0.717, 1.165) is 27.1 Å². The number of aliphatic hydroxyl groups is 1. The fourth-order valence-electron chi connectivity index (χ4n) is 3.78. The van der Waals surface area contributed by atoms with Crippen LogP contribution < -0.4 is 15.4 Å². The average molecular weight is 540 g/mol. The Hall–Kier alpha value is -3.68. The molecular weight excluding hydrogens is 514 g/mol. The van der Waals surface area contributed by atoms with E-state index in [1.165, 1.54) is 23.7 Å². The zero-order valence-corrected chi connectivity index (χ0v) is 21.8. The normalized spacial score (nSPS) is 14.4. The van der Waals surface area contributed by atoms with E-state index in [9.17, 15) is 18.3 Å². The number of thiazole rings is 1. The topological polar surface area (TPSA) is 159 Å². The summed E-state index contributed by atoms with van der Waals surface area (Å²) in [6.07, 6.45) is 5.63. The highest BCUT2D eigenvalue weighted by Gasteiger charge is 2.54. The van der Waals surface area contributed by atoms with Crippen molar-refractivity contribution in [2.45, 2.75) is 31.4 Å². The molecule has 192 valence electrons. The molecule has 0 saturated heterocycles. The first kappa shape index (κ1) is 25.0. The summed E-state index contributed by atoms with van der Waals surface area (Å²) in [6.45, 7) is 3.84. The number of carbonyl (C=O) groups excluding carboxylic acids is 1. The Balaban J connectivity index is 1.51. The summed E-state index contributed by atoms with van der Waals surface area (Å²) in [5.41, 5.74) is 4.66. The second kappa shape index (κ2) is 9.65. The van der Waals surface area contributed by atoms with Crippen LogP contribution in [0.3, 0.4) is 0 Å². The number of amides is 2. The van der Waals surface area contributed by atoms with Crippen molar-refractivity contribution in [3.63, 3.8) is 0 Å². The highest BCUT2D eigenvalue weighted by Crippen LogP contribution is 2.43. The molecule has 37 heavy (non-hydrogen) atoms. The quantitative estimate of drug-likeness (QED) is 0.265. The molecule has 5 rings (SSSR count). The van der Waals surface area contributed by atoms with Gasteiger partial charge in [0.05, 0.1) is 22.5 Å². The second-order valence-corrected chi connectivity index (χ2v) is 11.9. The third kappa shape index (κ3) is 4.97. The standard InChI is InChI=1S/C24H25N7O4S2/c1-3-25-22(33)30-23-29-19-9-15(8-17(20(19)36-23)18-5-4-14(2)10-26-18)16-11-27-21(28-12-16)31-37(34,35)24(13-32)6-7-24/h4-5,8-12,32H,3,6-7,13H2,1-2H3,(H,27,28,31)(H2,25,29,30,33). The number of aliphatic hydroxyl groups excluding tert-OH is 1. The van der Waals surface area contributed by atoms with Gasteiger partial charge in [0.1, 0.15) is 4.75 Å². The monoisotopic (exact) mass is 539 g/mol. The minimum absolute atomic E-state index is 0.0629. The van der Waals surface area contributed by atoms with E-state index in [4.69, 9.17) is 0 Å². The number of urea groups is 1. The van der Waals surface area contributed by atoms with Gasteiger partial charge in [-0.1, -0.05) is 17.4 Å². The Morgan fingerprint density at radius 2 is 1.86 bits per heavy atom. The van der Waals surface area contributed by atoms with E-state index in [1.807, 2.05) is 38.1 Å². The maximum atomic E-state index is 12.6. The van der Waals surface area contributed by atoms with Gasteiger partial charge < -0.3 is 10.4 Å². The molecular formula is C24H25N7O4S2. The second-order valence-electron chi connectivity index (χ2n) is 8.84. The summed E-state index contributed by atoms with van der Waals surface area (Å²) < 4.78 is 27.2. The van der Waals surface area contributed by atoms with Crippen LogP contribution in [-0.2, 0) is 10.0 Å². The molecule has 0 unspecified atom stereocenters. The summed E-state index contributed by atoms with van der Waals surface area (Å²) in [6, 6.07) is 7.37. The maximum absolute atomic E-state index is 12.6. The lowest BCUT2D eigenvalue weighted by Crippen LogP contribution is -2.33. The highest BCUT2D eigenvalue weighted by molar-refractivity contribution is 7.94. The molecule has 1 aliphatic carbocycles. The molecule has 0 aliphatic heterocycles. The number of pyridine rings is 1. The number of aromatic nitrogens is 4. The number of anilines is 2. The van der Waals surface area contributed by atoms with Gasteiger partial charge in [-0.25, -0.2) is 28.2 Å². The first-order chi connectivity index (χ1) is 17.7. The van der Waals surface area contributed by atoms with Gasteiger partial charge in [0.15, 0.2) is 5.13 Å². The van der Waals surface area contributed by atoms with Crippen molar-refractivity contribution in [3.8, 4) is 22.4 Å². The summed E-state index contributed by atoms with van der Waals surface area (Å²) in [5, 5.41) is 15.4. The Bertz CT molecular complexity index is 1570. The van der Waals surface area contributed by atoms with Crippen molar-refractivity contribution < 1.29 is 18.3 Å². The lowest BCUT2D eigenvalue weighted by atomic mass is 10.0. The molecule has 13 heteroatoms. The van der Waals surface area contributed by atoms with Gasteiger partial charge in [-0.2, -0.15) is 0 Å². The largest absolute Gasteiger partial charge is 0.395 e. The summed E-state index contributed by atoms with van der Waals surface area (Å²) >= 11 is 1.35. The van der Waals surface area contributed by atoms with Crippen LogP contribution in [0.25, 0.3) is 32.6 Å². The average Bonchev–Trinajstić information content (AvgIpc) is 3.59. The molecule has 4 N–H and O–H groups in total. The molecule has 4 aromatic rings. The number of rotatable bonds is 8. The fraction of sp³-hybridized carbons (Fsp3) is 0.292. The minimum atomic E-state index is -3.80. The molecule has 3 aromatic heterocycles. The predicted octanol–water partition coefficient (Wildman–Crippen LogP) is 3.53. The van der Waals surface area contributed by atoms with E-state index >= 15 is 0 Å². The molecule has 1 saturated carbocycles. The van der Waals surface area contributed by atoms with Crippen LogP contribution in [0.15, 0.2) is 42.9 Å². The number of fused-ring (bicyclic) bond motifs is 1. The van der Waals surface area contributed by atoms with Crippen LogP contribution >= 0.6 is 11.3 Å². The van der Waals surface area contributed by atoms with Gasteiger partial charge in [0.25, 0.3) is 0 Å². The molecule has 1 aromatic carbocycles. The Kier molecular flexibility index (Phi) is 6.52. The fourth-order valence-corrected chi connectivity index (χ4v) is 6.12. The molecule has 3 heterocycles. The SMILES string of the molecule is CCNC(=O)Nc1nc2cc(-c3cnc(NS(=O)(=O)C4(CO)CC4)nc3)cc(-c3ccc(C)cn3)c2s1. The number of hydrogen-bond acceptors (Lipinski definition) is 9. The van der Waals surface area contributed by atoms with E-state index in [-0.39, 0.29) is 12.0 Å². The van der Waals surface area contributed by atoms with Crippen LogP contribution in [0.2, 0.25) is 0 Å². The highest BCUT2D eigenvalue weighted by atomic mass is 32.2. The van der Waals surface area contributed by atoms with E-state index < -0.39 is 21.4 Å². The molecule has 0 radical (unpaired) electrons. The first-order valence-corrected chi connectivity index (χ1v) is 13.9.